The van der Waals surface area contributed by atoms with Gasteiger partial charge in [-0.1, -0.05) is 80.6 Å². The molecular weight excluding hydrogens is 364 g/mol. The first-order valence-corrected chi connectivity index (χ1v) is 10.4. The molecule has 0 aliphatic heterocycles. The first-order chi connectivity index (χ1) is 11.6. The number of rotatable bonds is 13. The van der Waals surface area contributed by atoms with Crippen LogP contribution >= 0.6 is 15.9 Å². The Labute approximate surface area is 156 Å². The Hall–Kier alpha value is -0.830. The molecule has 0 bridgehead atoms. The number of hydrogen-bond acceptors (Lipinski definition) is 2. The molecule has 0 saturated carbocycles. The van der Waals surface area contributed by atoms with E-state index in [0.29, 0.717) is 5.56 Å². The summed E-state index contributed by atoms with van der Waals surface area (Å²) >= 11 is 3.37. The van der Waals surface area contributed by atoms with Crippen molar-refractivity contribution in [2.24, 2.45) is 0 Å². The zero-order chi connectivity index (χ0) is 17.6. The van der Waals surface area contributed by atoms with E-state index in [-0.39, 0.29) is 12.1 Å². The summed E-state index contributed by atoms with van der Waals surface area (Å²) in [5.74, 6) is -0.220. The van der Waals surface area contributed by atoms with Gasteiger partial charge in [-0.3, -0.25) is 0 Å². The molecule has 0 saturated heterocycles. The third kappa shape index (κ3) is 10.1. The molecule has 1 rings (SSSR count). The topological polar surface area (TPSA) is 26.3 Å². The molecule has 0 N–H and O–H groups in total. The van der Waals surface area contributed by atoms with Crippen molar-refractivity contribution < 1.29 is 9.53 Å². The molecule has 1 aromatic carbocycles. The summed E-state index contributed by atoms with van der Waals surface area (Å²) in [5, 5.41) is 0. The molecule has 0 heterocycles. The van der Waals surface area contributed by atoms with Crippen LogP contribution in [-0.2, 0) is 4.74 Å². The second-order valence-electron chi connectivity index (χ2n) is 6.69. The SMILES string of the molecule is CCCCCCCCCCCCC(C)OC(=O)c1ccc(Br)cc1. The minimum Gasteiger partial charge on any atom is -0.459 e. The van der Waals surface area contributed by atoms with Crippen LogP contribution in [0.4, 0.5) is 0 Å². The van der Waals surface area contributed by atoms with Gasteiger partial charge in [0.25, 0.3) is 0 Å². The number of hydrogen-bond donors (Lipinski definition) is 0. The van der Waals surface area contributed by atoms with Gasteiger partial charge in [0, 0.05) is 4.47 Å². The monoisotopic (exact) mass is 396 g/mol. The van der Waals surface area contributed by atoms with Gasteiger partial charge in [-0.25, -0.2) is 4.79 Å². The lowest BCUT2D eigenvalue weighted by molar-refractivity contribution is 0.0319. The summed E-state index contributed by atoms with van der Waals surface area (Å²) in [6, 6.07) is 7.31. The highest BCUT2D eigenvalue weighted by Crippen LogP contribution is 2.15. The van der Waals surface area contributed by atoms with E-state index >= 15 is 0 Å². The Bertz CT molecular complexity index is 442. The molecule has 0 fully saturated rings. The van der Waals surface area contributed by atoms with Crippen molar-refractivity contribution in [2.75, 3.05) is 0 Å². The number of halogens is 1. The van der Waals surface area contributed by atoms with Crippen molar-refractivity contribution in [3.63, 3.8) is 0 Å². The zero-order valence-corrected chi connectivity index (χ0v) is 16.9. The number of ether oxygens (including phenoxy) is 1. The van der Waals surface area contributed by atoms with Crippen LogP contribution in [-0.4, -0.2) is 12.1 Å². The van der Waals surface area contributed by atoms with E-state index in [9.17, 15) is 4.79 Å². The van der Waals surface area contributed by atoms with E-state index in [0.717, 1.165) is 17.3 Å². The number of carbonyl (C=O) groups is 1. The van der Waals surface area contributed by atoms with Gasteiger partial charge >= 0.3 is 5.97 Å². The first kappa shape index (κ1) is 21.2. The molecule has 136 valence electrons. The molecule has 0 aliphatic carbocycles. The summed E-state index contributed by atoms with van der Waals surface area (Å²) < 4.78 is 6.47. The van der Waals surface area contributed by atoms with Crippen molar-refractivity contribution in [3.05, 3.63) is 34.3 Å². The lowest BCUT2D eigenvalue weighted by Crippen LogP contribution is -2.14. The van der Waals surface area contributed by atoms with E-state index in [1.54, 1.807) is 12.1 Å². The van der Waals surface area contributed by atoms with E-state index in [2.05, 4.69) is 22.9 Å². The molecule has 3 heteroatoms. The normalized spacial score (nSPS) is 12.1. The number of unbranched alkanes of at least 4 members (excludes halogenated alkanes) is 9. The fraction of sp³-hybridized carbons (Fsp3) is 0.667. The van der Waals surface area contributed by atoms with Crippen LogP contribution < -0.4 is 0 Å². The molecule has 0 radical (unpaired) electrons. The van der Waals surface area contributed by atoms with Gasteiger partial charge < -0.3 is 4.74 Å². The van der Waals surface area contributed by atoms with E-state index in [4.69, 9.17) is 4.74 Å². The van der Waals surface area contributed by atoms with Crippen LogP contribution in [0.3, 0.4) is 0 Å². The molecule has 0 spiro atoms. The minimum absolute atomic E-state index is 0.00445. The fourth-order valence-corrected chi connectivity index (χ4v) is 3.08. The van der Waals surface area contributed by atoms with Crippen LogP contribution in [0.15, 0.2) is 28.7 Å². The molecular formula is C21H33BrO2. The Balaban J connectivity index is 2.01. The van der Waals surface area contributed by atoms with Gasteiger partial charge in [-0.2, -0.15) is 0 Å². The minimum atomic E-state index is -0.220. The van der Waals surface area contributed by atoms with Crippen molar-refractivity contribution in [1.29, 1.82) is 0 Å². The predicted octanol–water partition coefficient (Wildman–Crippen LogP) is 7.31. The largest absolute Gasteiger partial charge is 0.459 e. The Morgan fingerprint density at radius 2 is 1.42 bits per heavy atom. The lowest BCUT2D eigenvalue weighted by Gasteiger charge is -2.13. The molecule has 1 atom stereocenters. The molecule has 2 nitrogen and oxygen atoms in total. The number of carbonyl (C=O) groups excluding carboxylic acids is 1. The molecule has 0 amide bonds. The summed E-state index contributed by atoms with van der Waals surface area (Å²) in [6.07, 6.45) is 14.3. The Kier molecular flexibility index (Phi) is 11.9. The molecule has 24 heavy (non-hydrogen) atoms. The average molecular weight is 397 g/mol. The fourth-order valence-electron chi connectivity index (χ4n) is 2.81. The highest BCUT2D eigenvalue weighted by atomic mass is 79.9. The van der Waals surface area contributed by atoms with Gasteiger partial charge in [0.1, 0.15) is 0 Å². The van der Waals surface area contributed by atoms with Gasteiger partial charge in [0.15, 0.2) is 0 Å². The summed E-state index contributed by atoms with van der Waals surface area (Å²) in [7, 11) is 0. The summed E-state index contributed by atoms with van der Waals surface area (Å²) in [5.41, 5.74) is 0.619. The first-order valence-electron chi connectivity index (χ1n) is 9.60. The Morgan fingerprint density at radius 1 is 0.917 bits per heavy atom. The Morgan fingerprint density at radius 3 is 1.96 bits per heavy atom. The summed E-state index contributed by atoms with van der Waals surface area (Å²) in [4.78, 5) is 12.0. The molecule has 0 aromatic heterocycles. The third-order valence-corrected chi connectivity index (χ3v) is 4.88. The summed E-state index contributed by atoms with van der Waals surface area (Å²) in [6.45, 7) is 4.25. The van der Waals surface area contributed by atoms with E-state index in [1.807, 2.05) is 19.1 Å². The van der Waals surface area contributed by atoms with Crippen molar-refractivity contribution in [3.8, 4) is 0 Å². The zero-order valence-electron chi connectivity index (χ0n) is 15.4. The number of benzene rings is 1. The molecule has 0 aliphatic rings. The van der Waals surface area contributed by atoms with Gasteiger partial charge in [0.05, 0.1) is 11.7 Å². The standard InChI is InChI=1S/C21H33BrO2/c1-3-4-5-6-7-8-9-10-11-12-13-18(2)24-21(23)19-14-16-20(22)17-15-19/h14-18H,3-13H2,1-2H3. The number of esters is 1. The maximum atomic E-state index is 12.0. The van der Waals surface area contributed by atoms with Crippen molar-refractivity contribution in [2.45, 2.75) is 90.6 Å². The van der Waals surface area contributed by atoms with Gasteiger partial charge in [-0.15, -0.1) is 0 Å². The maximum absolute atomic E-state index is 12.0. The average Bonchev–Trinajstić information content (AvgIpc) is 2.57. The second-order valence-corrected chi connectivity index (χ2v) is 7.61. The van der Waals surface area contributed by atoms with Gasteiger partial charge in [-0.05, 0) is 44.0 Å². The van der Waals surface area contributed by atoms with Crippen LogP contribution in [0.25, 0.3) is 0 Å². The lowest BCUT2D eigenvalue weighted by atomic mass is 10.0. The third-order valence-electron chi connectivity index (χ3n) is 4.35. The van der Waals surface area contributed by atoms with Crippen molar-refractivity contribution in [1.82, 2.24) is 0 Å². The van der Waals surface area contributed by atoms with E-state index in [1.165, 1.54) is 57.8 Å². The van der Waals surface area contributed by atoms with Crippen LogP contribution in [0.1, 0.15) is 94.8 Å². The predicted molar refractivity (Wildman–Crippen MR) is 105 cm³/mol. The van der Waals surface area contributed by atoms with Crippen LogP contribution in [0.5, 0.6) is 0 Å². The van der Waals surface area contributed by atoms with E-state index < -0.39 is 0 Å². The maximum Gasteiger partial charge on any atom is 0.338 e. The van der Waals surface area contributed by atoms with Crippen molar-refractivity contribution >= 4 is 21.9 Å². The van der Waals surface area contributed by atoms with Crippen LogP contribution in [0.2, 0.25) is 0 Å². The van der Waals surface area contributed by atoms with Crippen LogP contribution in [0, 0.1) is 0 Å². The highest BCUT2D eigenvalue weighted by Gasteiger charge is 2.11. The highest BCUT2D eigenvalue weighted by molar-refractivity contribution is 9.10. The second kappa shape index (κ2) is 13.5. The molecule has 1 aromatic rings. The molecule has 1 unspecified atom stereocenters. The smallest absolute Gasteiger partial charge is 0.338 e. The van der Waals surface area contributed by atoms with Gasteiger partial charge in [0.2, 0.25) is 0 Å². The quantitative estimate of drug-likeness (QED) is 0.258.